The van der Waals surface area contributed by atoms with Crippen LogP contribution in [0.3, 0.4) is 0 Å². The van der Waals surface area contributed by atoms with Crippen LogP contribution in [0.4, 0.5) is 0 Å². The topological polar surface area (TPSA) is 82.1 Å². The zero-order valence-electron chi connectivity index (χ0n) is 23.6. The minimum Gasteiger partial charge on any atom is -0.482 e. The standard InChI is InChI=1S/C33H34NO6S2/c1-3-38-31(35)19-39-29-9-6-23-14-22(4-5-24(23)15-29)18-34(2)27-7-8-28(34)17-30(16-27)40-32(36)33(37,25-10-12-41-20-25)26-11-13-42-21-26/h4-15,20-21,27-28,30,37H,3,16-19H2,1-2H3/q+1/t27-,28+,30?,34?. The fraction of sp³-hybridized carbons (Fsp3) is 0.333. The molecule has 7 nitrogen and oxygen atoms in total. The molecule has 218 valence electrons. The van der Waals surface area contributed by atoms with E-state index < -0.39 is 11.6 Å². The summed E-state index contributed by atoms with van der Waals surface area (Å²) in [6.45, 7) is 2.83. The molecule has 6 rings (SSSR count). The van der Waals surface area contributed by atoms with Crippen molar-refractivity contribution < 1.29 is 33.4 Å². The third-order valence-electron chi connectivity index (χ3n) is 8.59. The molecular weight excluding hydrogens is 570 g/mol. The molecule has 2 unspecified atom stereocenters. The number of thiophene rings is 2. The predicted octanol–water partition coefficient (Wildman–Crippen LogP) is 5.80. The number of hydrogen-bond donors (Lipinski definition) is 1. The van der Waals surface area contributed by atoms with Gasteiger partial charge in [-0.2, -0.15) is 22.7 Å². The Morgan fingerprint density at radius 3 is 2.21 bits per heavy atom. The zero-order chi connectivity index (χ0) is 29.3. The number of benzene rings is 2. The number of quaternary nitrogens is 1. The van der Waals surface area contributed by atoms with E-state index >= 15 is 0 Å². The quantitative estimate of drug-likeness (QED) is 0.140. The number of fused-ring (bicyclic) bond motifs is 3. The van der Waals surface area contributed by atoms with E-state index in [1.807, 2.05) is 29.0 Å². The van der Waals surface area contributed by atoms with Gasteiger partial charge in [-0.05, 0) is 81.7 Å². The van der Waals surface area contributed by atoms with E-state index in [4.69, 9.17) is 14.2 Å². The summed E-state index contributed by atoms with van der Waals surface area (Å²) in [7, 11) is 2.27. The molecule has 0 aliphatic carbocycles. The lowest BCUT2D eigenvalue weighted by Crippen LogP contribution is -2.59. The van der Waals surface area contributed by atoms with Crippen molar-refractivity contribution in [2.45, 2.75) is 50.1 Å². The first-order valence-corrected chi connectivity index (χ1v) is 16.0. The summed E-state index contributed by atoms with van der Waals surface area (Å²) < 4.78 is 17.4. The van der Waals surface area contributed by atoms with Crippen molar-refractivity contribution in [3.8, 4) is 5.75 Å². The van der Waals surface area contributed by atoms with Crippen molar-refractivity contribution >= 4 is 45.4 Å². The second-order valence-electron chi connectivity index (χ2n) is 11.2. The second kappa shape index (κ2) is 11.6. The van der Waals surface area contributed by atoms with Crippen LogP contribution in [0.15, 0.2) is 82.2 Å². The molecule has 0 spiro atoms. The zero-order valence-corrected chi connectivity index (χ0v) is 25.2. The first-order valence-electron chi connectivity index (χ1n) is 14.1. The van der Waals surface area contributed by atoms with Crippen molar-refractivity contribution in [1.29, 1.82) is 0 Å². The Morgan fingerprint density at radius 2 is 1.60 bits per heavy atom. The van der Waals surface area contributed by atoms with E-state index in [1.54, 1.807) is 29.8 Å². The van der Waals surface area contributed by atoms with Crippen LogP contribution >= 0.6 is 22.7 Å². The van der Waals surface area contributed by atoms with Crippen LogP contribution in [0.2, 0.25) is 0 Å². The first kappa shape index (κ1) is 28.6. The van der Waals surface area contributed by atoms with Gasteiger partial charge in [-0.25, -0.2) is 9.59 Å². The van der Waals surface area contributed by atoms with Gasteiger partial charge < -0.3 is 23.8 Å². The van der Waals surface area contributed by atoms with Gasteiger partial charge in [0.05, 0.1) is 13.7 Å². The van der Waals surface area contributed by atoms with E-state index in [0.717, 1.165) is 21.8 Å². The van der Waals surface area contributed by atoms with E-state index in [-0.39, 0.29) is 30.8 Å². The molecule has 4 heterocycles. The maximum atomic E-state index is 13.5. The van der Waals surface area contributed by atoms with Crippen molar-refractivity contribution in [1.82, 2.24) is 0 Å². The van der Waals surface area contributed by atoms with Gasteiger partial charge in [-0.15, -0.1) is 0 Å². The number of piperidine rings is 1. The Morgan fingerprint density at radius 1 is 0.952 bits per heavy atom. The molecule has 1 fully saturated rings. The molecular formula is C33H34NO6S2+. The van der Waals surface area contributed by atoms with E-state index in [0.29, 0.717) is 36.3 Å². The molecule has 0 saturated carbocycles. The van der Waals surface area contributed by atoms with Gasteiger partial charge in [0.2, 0.25) is 5.60 Å². The lowest BCUT2D eigenvalue weighted by molar-refractivity contribution is -0.957. The highest BCUT2D eigenvalue weighted by Crippen LogP contribution is 2.41. The average Bonchev–Trinajstić information content (AvgIpc) is 3.74. The Balaban J connectivity index is 1.13. The minimum atomic E-state index is -1.81. The van der Waals surface area contributed by atoms with Crippen molar-refractivity contribution in [2.75, 3.05) is 20.3 Å². The molecule has 2 aromatic heterocycles. The van der Waals surface area contributed by atoms with Crippen molar-refractivity contribution in [3.05, 3.63) is 98.9 Å². The summed E-state index contributed by atoms with van der Waals surface area (Å²) >= 11 is 2.89. The van der Waals surface area contributed by atoms with Crippen LogP contribution in [-0.2, 0) is 31.2 Å². The fourth-order valence-electron chi connectivity index (χ4n) is 6.28. The molecule has 1 N–H and O–H groups in total. The smallest absolute Gasteiger partial charge is 0.348 e. The van der Waals surface area contributed by atoms with E-state index in [9.17, 15) is 14.7 Å². The van der Waals surface area contributed by atoms with Crippen LogP contribution in [0, 0.1) is 0 Å². The van der Waals surface area contributed by atoms with Gasteiger partial charge in [-0.3, -0.25) is 0 Å². The molecule has 9 heteroatoms. The highest BCUT2D eigenvalue weighted by molar-refractivity contribution is 7.08. The average molecular weight is 605 g/mol. The lowest BCUT2D eigenvalue weighted by atomic mass is 9.89. The molecule has 2 aromatic carbocycles. The highest BCUT2D eigenvalue weighted by Gasteiger charge is 2.51. The number of aliphatic hydroxyl groups is 1. The number of rotatable bonds is 10. The first-order chi connectivity index (χ1) is 20.3. The van der Waals surface area contributed by atoms with Crippen molar-refractivity contribution in [2.24, 2.45) is 0 Å². The number of likely N-dealkylation sites (N-methyl/N-ethyl adjacent to an activating group) is 1. The third-order valence-corrected chi connectivity index (χ3v) is 9.95. The Kier molecular flexibility index (Phi) is 7.93. The Bertz CT molecular complexity index is 1550. The molecule has 1 saturated heterocycles. The lowest BCUT2D eigenvalue weighted by Gasteiger charge is -2.47. The monoisotopic (exact) mass is 604 g/mol. The number of nitrogens with zero attached hydrogens (tertiary/aromatic N) is 1. The number of ether oxygens (including phenoxy) is 3. The van der Waals surface area contributed by atoms with Gasteiger partial charge >= 0.3 is 11.9 Å². The van der Waals surface area contributed by atoms with Gasteiger partial charge in [0, 0.05) is 29.5 Å². The molecule has 0 amide bonds. The Labute approximate surface area is 253 Å². The van der Waals surface area contributed by atoms with Gasteiger partial charge in [-0.1, -0.05) is 18.2 Å². The van der Waals surface area contributed by atoms with Crippen LogP contribution in [0.1, 0.15) is 36.5 Å². The summed E-state index contributed by atoms with van der Waals surface area (Å²) in [5.41, 5.74) is 0.505. The number of esters is 2. The normalized spacial score (nSPS) is 23.2. The molecule has 4 atom stereocenters. The maximum Gasteiger partial charge on any atom is 0.348 e. The molecule has 0 radical (unpaired) electrons. The van der Waals surface area contributed by atoms with Gasteiger partial charge in [0.25, 0.3) is 0 Å². The summed E-state index contributed by atoms with van der Waals surface area (Å²) in [4.78, 5) is 25.2. The number of carbonyl (C=O) groups is 2. The molecule has 2 aliphatic rings. The third kappa shape index (κ3) is 5.38. The summed E-state index contributed by atoms with van der Waals surface area (Å²) in [5.74, 6) is -0.363. The summed E-state index contributed by atoms with van der Waals surface area (Å²) in [5, 5.41) is 21.1. The minimum absolute atomic E-state index is 0.111. The van der Waals surface area contributed by atoms with Gasteiger partial charge in [0.1, 0.15) is 30.5 Å². The predicted molar refractivity (Wildman–Crippen MR) is 163 cm³/mol. The van der Waals surface area contributed by atoms with Crippen molar-refractivity contribution in [3.63, 3.8) is 0 Å². The second-order valence-corrected chi connectivity index (χ2v) is 12.8. The van der Waals surface area contributed by atoms with E-state index in [2.05, 4.69) is 37.4 Å². The summed E-state index contributed by atoms with van der Waals surface area (Å²) in [6, 6.07) is 16.2. The van der Waals surface area contributed by atoms with E-state index in [1.165, 1.54) is 28.2 Å². The molecule has 2 aliphatic heterocycles. The maximum absolute atomic E-state index is 13.5. The SMILES string of the molecule is CCOC(=O)COc1ccc2cc(C[N+]3(C)[C@@H]4C=C[C@H]3CC(OC(=O)C(O)(c3ccsc3)c3ccsc3)C4)ccc2c1. The van der Waals surface area contributed by atoms with Crippen LogP contribution in [0.5, 0.6) is 5.75 Å². The highest BCUT2D eigenvalue weighted by atomic mass is 32.1. The molecule has 2 bridgehead atoms. The number of hydrogen-bond acceptors (Lipinski definition) is 8. The summed E-state index contributed by atoms with van der Waals surface area (Å²) in [6.07, 6.45) is 5.65. The van der Waals surface area contributed by atoms with Crippen LogP contribution in [-0.4, -0.2) is 60.0 Å². The largest absolute Gasteiger partial charge is 0.482 e. The van der Waals surface area contributed by atoms with Crippen LogP contribution in [0.25, 0.3) is 10.8 Å². The fourth-order valence-corrected chi connectivity index (χ4v) is 7.68. The van der Waals surface area contributed by atoms with Crippen LogP contribution < -0.4 is 4.74 Å². The molecule has 4 aromatic rings. The number of carbonyl (C=O) groups excluding carboxylic acids is 2. The Hall–Kier alpha value is -3.50. The van der Waals surface area contributed by atoms with Gasteiger partial charge in [0.15, 0.2) is 6.61 Å². The molecule has 42 heavy (non-hydrogen) atoms.